The smallest absolute Gasteiger partial charge is 0.296 e. The Morgan fingerprint density at radius 1 is 1.24 bits per heavy atom. The molecule has 0 saturated carbocycles. The molecule has 1 aliphatic rings. The van der Waals surface area contributed by atoms with Crippen molar-refractivity contribution in [1.29, 1.82) is 0 Å². The van der Waals surface area contributed by atoms with Crippen LogP contribution in [0.4, 0.5) is 0 Å². The third kappa shape index (κ3) is 3.49. The zero-order valence-corrected chi connectivity index (χ0v) is 17.1. The number of carbonyl (C=O) groups excluding carboxylic acids is 2. The second-order valence-electron chi connectivity index (χ2n) is 6.77. The molecule has 1 aromatic carbocycles. The van der Waals surface area contributed by atoms with E-state index < -0.39 is 17.7 Å². The molecule has 0 bridgehead atoms. The number of rotatable bonds is 4. The van der Waals surface area contributed by atoms with Gasteiger partial charge in [-0.2, -0.15) is 0 Å². The van der Waals surface area contributed by atoms with Crippen molar-refractivity contribution in [2.75, 3.05) is 0 Å². The number of nitrogens with zero attached hydrogens (tertiary/aromatic N) is 2. The van der Waals surface area contributed by atoms with Crippen molar-refractivity contribution in [3.8, 4) is 0 Å². The summed E-state index contributed by atoms with van der Waals surface area (Å²) in [4.78, 5) is 31.2. The molecule has 1 fully saturated rings. The molecule has 2 aromatic heterocycles. The number of aromatic nitrogens is 1. The van der Waals surface area contributed by atoms with Crippen LogP contribution in [-0.2, 0) is 16.1 Å². The van der Waals surface area contributed by atoms with Gasteiger partial charge in [-0.05, 0) is 48.4 Å². The Kier molecular flexibility index (Phi) is 5.07. The lowest BCUT2D eigenvalue weighted by Gasteiger charge is -2.23. The van der Waals surface area contributed by atoms with Crippen molar-refractivity contribution in [2.45, 2.75) is 19.5 Å². The summed E-state index contributed by atoms with van der Waals surface area (Å²) in [5, 5.41) is 11.0. The number of likely N-dealkylation sites (tertiary alicyclic amines) is 1. The highest BCUT2D eigenvalue weighted by Crippen LogP contribution is 2.40. The molecular formula is C22H17BrN2O4. The number of aliphatic hydroxyl groups is 1. The van der Waals surface area contributed by atoms with Gasteiger partial charge >= 0.3 is 0 Å². The molecule has 1 N–H and O–H groups in total. The van der Waals surface area contributed by atoms with Crippen LogP contribution in [0.15, 0.2) is 75.6 Å². The number of aliphatic hydroxyl groups excluding tert-OH is 1. The van der Waals surface area contributed by atoms with E-state index >= 15 is 0 Å². The van der Waals surface area contributed by atoms with Crippen molar-refractivity contribution in [1.82, 2.24) is 9.88 Å². The van der Waals surface area contributed by atoms with Gasteiger partial charge in [-0.25, -0.2) is 0 Å². The Hall–Kier alpha value is -3.19. The molecule has 1 saturated heterocycles. The summed E-state index contributed by atoms with van der Waals surface area (Å²) in [6.45, 7) is 2.05. The van der Waals surface area contributed by atoms with E-state index in [9.17, 15) is 14.7 Å². The van der Waals surface area contributed by atoms with E-state index in [0.717, 1.165) is 15.6 Å². The quantitative estimate of drug-likeness (QED) is 0.361. The topological polar surface area (TPSA) is 83.6 Å². The number of amides is 1. The number of benzene rings is 1. The standard InChI is InChI=1S/C22H17BrN2O4/c1-13-10-15(6-7-16(13)23)20(26)18-19(17-5-3-9-29-17)25(22(28)21(18)27)12-14-4-2-8-24-11-14/h2-11,19,26H,12H2,1H3/b20-18-. The fourth-order valence-electron chi connectivity index (χ4n) is 3.42. The van der Waals surface area contributed by atoms with Crippen molar-refractivity contribution >= 4 is 33.4 Å². The molecule has 1 atom stereocenters. The first kappa shape index (κ1) is 19.1. The molecule has 1 unspecified atom stereocenters. The summed E-state index contributed by atoms with van der Waals surface area (Å²) in [6.07, 6.45) is 4.75. The summed E-state index contributed by atoms with van der Waals surface area (Å²) in [5.41, 5.74) is 2.14. The number of hydrogen-bond donors (Lipinski definition) is 1. The van der Waals surface area contributed by atoms with Crippen LogP contribution in [0.25, 0.3) is 5.76 Å². The van der Waals surface area contributed by atoms with E-state index in [1.807, 2.05) is 13.0 Å². The first-order valence-electron chi connectivity index (χ1n) is 8.94. The van der Waals surface area contributed by atoms with E-state index in [4.69, 9.17) is 4.42 Å². The normalized spacial score (nSPS) is 18.4. The number of halogens is 1. The Balaban J connectivity index is 1.84. The molecule has 3 aromatic rings. The predicted octanol–water partition coefficient (Wildman–Crippen LogP) is 4.37. The van der Waals surface area contributed by atoms with Crippen molar-refractivity contribution in [3.05, 3.63) is 93.6 Å². The van der Waals surface area contributed by atoms with Crippen LogP contribution < -0.4 is 0 Å². The number of carbonyl (C=O) groups is 2. The number of Topliss-reactive ketones (excluding diaryl/α,β-unsaturated/α-hetero) is 1. The Bertz CT molecular complexity index is 1110. The van der Waals surface area contributed by atoms with Crippen molar-refractivity contribution in [3.63, 3.8) is 0 Å². The van der Waals surface area contributed by atoms with Gasteiger partial charge < -0.3 is 14.4 Å². The SMILES string of the molecule is Cc1cc(/C(O)=C2/C(=O)C(=O)N(Cc3cccnc3)C2c2ccco2)ccc1Br. The average molecular weight is 453 g/mol. The number of hydrogen-bond acceptors (Lipinski definition) is 5. The van der Waals surface area contributed by atoms with Crippen LogP contribution in [0.1, 0.15) is 28.5 Å². The molecule has 0 radical (unpaired) electrons. The molecule has 1 aliphatic heterocycles. The second-order valence-corrected chi connectivity index (χ2v) is 7.62. The minimum atomic E-state index is -0.825. The zero-order valence-electron chi connectivity index (χ0n) is 15.5. The number of ketones is 1. The van der Waals surface area contributed by atoms with Crippen LogP contribution in [0, 0.1) is 6.92 Å². The zero-order chi connectivity index (χ0) is 20.5. The lowest BCUT2D eigenvalue weighted by molar-refractivity contribution is -0.140. The summed E-state index contributed by atoms with van der Waals surface area (Å²) in [5.74, 6) is -1.25. The highest BCUT2D eigenvalue weighted by atomic mass is 79.9. The maximum atomic E-state index is 12.9. The minimum Gasteiger partial charge on any atom is -0.507 e. The monoisotopic (exact) mass is 452 g/mol. The van der Waals surface area contributed by atoms with Gasteiger partial charge in [-0.1, -0.05) is 28.1 Å². The molecule has 6 nitrogen and oxygen atoms in total. The molecule has 3 heterocycles. The van der Waals surface area contributed by atoms with Crippen LogP contribution >= 0.6 is 15.9 Å². The van der Waals surface area contributed by atoms with Gasteiger partial charge in [0.15, 0.2) is 0 Å². The van der Waals surface area contributed by atoms with Crippen LogP contribution in [0.2, 0.25) is 0 Å². The van der Waals surface area contributed by atoms with E-state index in [2.05, 4.69) is 20.9 Å². The number of pyridine rings is 1. The van der Waals surface area contributed by atoms with Gasteiger partial charge in [0.1, 0.15) is 17.6 Å². The predicted molar refractivity (Wildman–Crippen MR) is 110 cm³/mol. The van der Waals surface area contributed by atoms with Crippen LogP contribution in [-0.4, -0.2) is 26.7 Å². The van der Waals surface area contributed by atoms with Gasteiger partial charge in [0.2, 0.25) is 0 Å². The van der Waals surface area contributed by atoms with Gasteiger partial charge in [0.05, 0.1) is 11.8 Å². The third-order valence-electron chi connectivity index (χ3n) is 4.86. The van der Waals surface area contributed by atoms with E-state index in [-0.39, 0.29) is 17.9 Å². The molecule has 0 aliphatic carbocycles. The lowest BCUT2D eigenvalue weighted by atomic mass is 9.98. The van der Waals surface area contributed by atoms with Crippen molar-refractivity contribution in [2.24, 2.45) is 0 Å². The van der Waals surface area contributed by atoms with Gasteiger partial charge in [0.25, 0.3) is 11.7 Å². The van der Waals surface area contributed by atoms with Crippen molar-refractivity contribution < 1.29 is 19.1 Å². The van der Waals surface area contributed by atoms with Crippen LogP contribution in [0.5, 0.6) is 0 Å². The Labute approximate surface area is 175 Å². The fraction of sp³-hybridized carbons (Fsp3) is 0.136. The molecule has 7 heteroatoms. The number of aryl methyl sites for hydroxylation is 1. The summed E-state index contributed by atoms with van der Waals surface area (Å²) in [6, 6.07) is 11.4. The highest BCUT2D eigenvalue weighted by Gasteiger charge is 2.47. The van der Waals surface area contributed by atoms with Gasteiger partial charge in [0, 0.05) is 29.0 Å². The Morgan fingerprint density at radius 3 is 2.72 bits per heavy atom. The molecule has 1 amide bonds. The summed E-state index contributed by atoms with van der Waals surface area (Å²) in [7, 11) is 0. The maximum absolute atomic E-state index is 12.9. The van der Waals surface area contributed by atoms with Crippen LogP contribution in [0.3, 0.4) is 0 Å². The maximum Gasteiger partial charge on any atom is 0.296 e. The van der Waals surface area contributed by atoms with Gasteiger partial charge in [-0.3, -0.25) is 14.6 Å². The van der Waals surface area contributed by atoms with E-state index in [1.54, 1.807) is 48.8 Å². The largest absolute Gasteiger partial charge is 0.507 e. The summed E-state index contributed by atoms with van der Waals surface area (Å²) >= 11 is 3.43. The average Bonchev–Trinajstić information content (AvgIpc) is 3.33. The third-order valence-corrected chi connectivity index (χ3v) is 5.75. The molecule has 0 spiro atoms. The lowest BCUT2D eigenvalue weighted by Crippen LogP contribution is -2.29. The fourth-order valence-corrected chi connectivity index (χ4v) is 3.67. The highest BCUT2D eigenvalue weighted by molar-refractivity contribution is 9.10. The molecule has 146 valence electrons. The number of furan rings is 1. The first-order chi connectivity index (χ1) is 14.0. The molecule has 29 heavy (non-hydrogen) atoms. The minimum absolute atomic E-state index is 0.00978. The second kappa shape index (κ2) is 7.67. The Morgan fingerprint density at radius 2 is 2.07 bits per heavy atom. The van der Waals surface area contributed by atoms with Gasteiger partial charge in [-0.15, -0.1) is 0 Å². The summed E-state index contributed by atoms with van der Waals surface area (Å²) < 4.78 is 6.41. The molecular weight excluding hydrogens is 436 g/mol. The van der Waals surface area contributed by atoms with E-state index in [0.29, 0.717) is 11.3 Å². The molecule has 4 rings (SSSR count). The first-order valence-corrected chi connectivity index (χ1v) is 9.74. The van der Waals surface area contributed by atoms with E-state index in [1.165, 1.54) is 11.2 Å².